The lowest BCUT2D eigenvalue weighted by atomic mass is 10.1. The highest BCUT2D eigenvalue weighted by atomic mass is 32.2. The number of halogens is 1. The fraction of sp³-hybridized carbons (Fsp3) is 0.500. The molecule has 1 aromatic rings. The third-order valence-electron chi connectivity index (χ3n) is 2.61. The Labute approximate surface area is 113 Å². The molecule has 0 bridgehead atoms. The van der Waals surface area contributed by atoms with Crippen LogP contribution < -0.4 is 0 Å². The maximum Gasteiger partial charge on any atom is 0.162 e. The van der Waals surface area contributed by atoms with Crippen molar-refractivity contribution in [3.05, 3.63) is 35.6 Å². The van der Waals surface area contributed by atoms with E-state index >= 15 is 0 Å². The van der Waals surface area contributed by atoms with Crippen LogP contribution in [0.4, 0.5) is 4.39 Å². The van der Waals surface area contributed by atoms with Crippen molar-refractivity contribution < 1.29 is 17.6 Å². The molecule has 106 valence electrons. The van der Waals surface area contributed by atoms with Gasteiger partial charge in [-0.15, -0.1) is 0 Å². The van der Waals surface area contributed by atoms with Crippen LogP contribution in [-0.2, 0) is 9.84 Å². The summed E-state index contributed by atoms with van der Waals surface area (Å²) in [4.78, 5) is 11.7. The van der Waals surface area contributed by atoms with Gasteiger partial charge < -0.3 is 0 Å². The summed E-state index contributed by atoms with van der Waals surface area (Å²) in [6.07, 6.45) is 0.480. The van der Waals surface area contributed by atoms with Crippen LogP contribution in [0.2, 0.25) is 0 Å². The molecule has 0 unspecified atom stereocenters. The highest BCUT2D eigenvalue weighted by Crippen LogP contribution is 2.09. The van der Waals surface area contributed by atoms with Gasteiger partial charge in [0.15, 0.2) is 15.6 Å². The first kappa shape index (κ1) is 15.8. The van der Waals surface area contributed by atoms with Crippen LogP contribution in [0.3, 0.4) is 0 Å². The van der Waals surface area contributed by atoms with E-state index in [2.05, 4.69) is 0 Å². The summed E-state index contributed by atoms with van der Waals surface area (Å²) < 4.78 is 36.0. The second-order valence-electron chi connectivity index (χ2n) is 5.04. The van der Waals surface area contributed by atoms with Gasteiger partial charge in [-0.05, 0) is 36.6 Å². The summed E-state index contributed by atoms with van der Waals surface area (Å²) in [5, 5.41) is 0. The number of carbonyl (C=O) groups excluding carboxylic acids is 1. The van der Waals surface area contributed by atoms with Crippen molar-refractivity contribution in [2.45, 2.75) is 26.7 Å². The summed E-state index contributed by atoms with van der Waals surface area (Å²) in [7, 11) is -3.08. The maximum atomic E-state index is 12.7. The molecule has 0 heterocycles. The van der Waals surface area contributed by atoms with Gasteiger partial charge in [0.25, 0.3) is 0 Å². The normalized spacial score (nSPS) is 11.8. The lowest BCUT2D eigenvalue weighted by Crippen LogP contribution is -2.16. The summed E-state index contributed by atoms with van der Waals surface area (Å²) in [5.74, 6) is -0.274. The van der Waals surface area contributed by atoms with Gasteiger partial charge >= 0.3 is 0 Å². The number of hydrogen-bond donors (Lipinski definition) is 0. The van der Waals surface area contributed by atoms with Gasteiger partial charge in [0.05, 0.1) is 11.5 Å². The van der Waals surface area contributed by atoms with Crippen molar-refractivity contribution in [3.8, 4) is 0 Å². The number of hydrogen-bond acceptors (Lipinski definition) is 3. The molecular weight excluding hydrogens is 267 g/mol. The summed E-state index contributed by atoms with van der Waals surface area (Å²) in [5.41, 5.74) is 0.419. The van der Waals surface area contributed by atoms with Crippen LogP contribution in [0.15, 0.2) is 24.3 Å². The Balaban J connectivity index is 2.45. The first-order chi connectivity index (χ1) is 8.80. The van der Waals surface area contributed by atoms with Crippen molar-refractivity contribution in [2.75, 3.05) is 11.5 Å². The second kappa shape index (κ2) is 6.80. The predicted octanol–water partition coefficient (Wildman–Crippen LogP) is 2.86. The van der Waals surface area contributed by atoms with Crippen LogP contribution in [0.25, 0.3) is 0 Å². The zero-order chi connectivity index (χ0) is 14.5. The van der Waals surface area contributed by atoms with E-state index in [1.54, 1.807) is 0 Å². The van der Waals surface area contributed by atoms with Crippen LogP contribution >= 0.6 is 0 Å². The van der Waals surface area contributed by atoms with Crippen LogP contribution in [0.1, 0.15) is 37.0 Å². The monoisotopic (exact) mass is 286 g/mol. The molecule has 19 heavy (non-hydrogen) atoms. The highest BCUT2D eigenvalue weighted by molar-refractivity contribution is 7.91. The minimum atomic E-state index is -3.08. The molecule has 0 aliphatic heterocycles. The SMILES string of the molecule is CC(C)CS(=O)(=O)CCCC(=O)c1ccc(F)cc1. The van der Waals surface area contributed by atoms with Gasteiger partial charge in [0, 0.05) is 12.0 Å². The lowest BCUT2D eigenvalue weighted by Gasteiger charge is -2.06. The Bertz CT molecular complexity index is 518. The number of Topliss-reactive ketones (excluding diaryl/α,β-unsaturated/α-hetero) is 1. The number of rotatable bonds is 7. The van der Waals surface area contributed by atoms with Gasteiger partial charge in [0.1, 0.15) is 5.82 Å². The Morgan fingerprint density at radius 3 is 2.32 bits per heavy atom. The molecule has 5 heteroatoms. The molecule has 3 nitrogen and oxygen atoms in total. The van der Waals surface area contributed by atoms with Gasteiger partial charge in [-0.3, -0.25) is 4.79 Å². The molecule has 0 saturated heterocycles. The topological polar surface area (TPSA) is 51.2 Å². The maximum absolute atomic E-state index is 12.7. The van der Waals surface area contributed by atoms with Gasteiger partial charge in [-0.25, -0.2) is 12.8 Å². The fourth-order valence-corrected chi connectivity index (χ4v) is 3.59. The molecule has 0 fully saturated rings. The van der Waals surface area contributed by atoms with Crippen molar-refractivity contribution in [1.29, 1.82) is 0 Å². The van der Waals surface area contributed by atoms with Crippen molar-refractivity contribution in [1.82, 2.24) is 0 Å². The second-order valence-corrected chi connectivity index (χ2v) is 7.27. The minimum Gasteiger partial charge on any atom is -0.294 e. The van der Waals surface area contributed by atoms with Crippen LogP contribution in [0, 0.1) is 11.7 Å². The molecule has 0 aliphatic rings. The smallest absolute Gasteiger partial charge is 0.162 e. The molecule has 1 aromatic carbocycles. The molecule has 0 atom stereocenters. The van der Waals surface area contributed by atoms with Gasteiger partial charge in [-0.1, -0.05) is 13.8 Å². The quantitative estimate of drug-likeness (QED) is 0.724. The van der Waals surface area contributed by atoms with E-state index in [-0.39, 0.29) is 29.6 Å². The van der Waals surface area contributed by atoms with Crippen molar-refractivity contribution >= 4 is 15.6 Å². The van der Waals surface area contributed by atoms with Gasteiger partial charge in [0.2, 0.25) is 0 Å². The average molecular weight is 286 g/mol. The molecule has 0 aliphatic carbocycles. The van der Waals surface area contributed by atoms with E-state index in [1.165, 1.54) is 24.3 Å². The zero-order valence-corrected chi connectivity index (χ0v) is 12.0. The van der Waals surface area contributed by atoms with E-state index in [9.17, 15) is 17.6 Å². The number of sulfone groups is 1. The van der Waals surface area contributed by atoms with Gasteiger partial charge in [-0.2, -0.15) is 0 Å². The minimum absolute atomic E-state index is 0.0259. The molecule has 0 radical (unpaired) electrons. The molecular formula is C14H19FO3S. The van der Waals surface area contributed by atoms with E-state index in [1.807, 2.05) is 13.8 Å². The number of benzene rings is 1. The summed E-state index contributed by atoms with van der Waals surface area (Å²) in [6.45, 7) is 3.70. The van der Waals surface area contributed by atoms with Crippen molar-refractivity contribution in [3.63, 3.8) is 0 Å². The third kappa shape index (κ3) is 5.96. The molecule has 0 spiro atoms. The fourth-order valence-electron chi connectivity index (χ4n) is 1.82. The largest absolute Gasteiger partial charge is 0.294 e. The molecule has 0 amide bonds. The summed E-state index contributed by atoms with van der Waals surface area (Å²) in [6, 6.07) is 5.28. The molecule has 0 N–H and O–H groups in total. The number of ketones is 1. The molecule has 1 rings (SSSR count). The van der Waals surface area contributed by atoms with Crippen LogP contribution in [0.5, 0.6) is 0 Å². The molecule has 0 saturated carbocycles. The average Bonchev–Trinajstić information content (AvgIpc) is 2.27. The van der Waals surface area contributed by atoms with E-state index in [0.717, 1.165) is 0 Å². The summed E-state index contributed by atoms with van der Waals surface area (Å²) >= 11 is 0. The first-order valence-electron chi connectivity index (χ1n) is 6.29. The third-order valence-corrected chi connectivity index (χ3v) is 4.70. The Hall–Kier alpha value is -1.23. The lowest BCUT2D eigenvalue weighted by molar-refractivity contribution is 0.0982. The Kier molecular flexibility index (Phi) is 5.66. The standard InChI is InChI=1S/C14H19FO3S/c1-11(2)10-19(17,18)9-3-4-14(16)12-5-7-13(15)8-6-12/h5-8,11H,3-4,9-10H2,1-2H3. The molecule has 0 aromatic heterocycles. The van der Waals surface area contributed by atoms with Crippen LogP contribution in [-0.4, -0.2) is 25.7 Å². The number of carbonyl (C=O) groups is 1. The Morgan fingerprint density at radius 1 is 1.21 bits per heavy atom. The van der Waals surface area contributed by atoms with E-state index < -0.39 is 15.7 Å². The Morgan fingerprint density at radius 2 is 1.79 bits per heavy atom. The van der Waals surface area contributed by atoms with E-state index in [0.29, 0.717) is 12.0 Å². The zero-order valence-electron chi connectivity index (χ0n) is 11.2. The highest BCUT2D eigenvalue weighted by Gasteiger charge is 2.14. The first-order valence-corrected chi connectivity index (χ1v) is 8.11. The van der Waals surface area contributed by atoms with E-state index in [4.69, 9.17) is 0 Å². The van der Waals surface area contributed by atoms with Crippen molar-refractivity contribution in [2.24, 2.45) is 5.92 Å². The predicted molar refractivity (Wildman–Crippen MR) is 73.5 cm³/mol.